The van der Waals surface area contributed by atoms with Crippen molar-refractivity contribution in [2.24, 2.45) is 0 Å². The van der Waals surface area contributed by atoms with Gasteiger partial charge < -0.3 is 10.1 Å². The van der Waals surface area contributed by atoms with E-state index in [2.05, 4.69) is 57.6 Å². The van der Waals surface area contributed by atoms with Gasteiger partial charge in [0.15, 0.2) is 0 Å². The van der Waals surface area contributed by atoms with Gasteiger partial charge in [-0.25, -0.2) is 0 Å². The van der Waals surface area contributed by atoms with Crippen molar-refractivity contribution in [2.75, 3.05) is 13.2 Å². The molecule has 1 N–H and O–H groups in total. The lowest BCUT2D eigenvalue weighted by atomic mass is 10.2. The van der Waals surface area contributed by atoms with Crippen LogP contribution in [0.15, 0.2) is 59.1 Å². The Morgan fingerprint density at radius 1 is 0.947 bits per heavy atom. The smallest absolute Gasteiger partial charge is 0.0717 e. The molecule has 19 heavy (non-hydrogen) atoms. The summed E-state index contributed by atoms with van der Waals surface area (Å²) in [6.45, 7) is 3.13. The standard InChI is InChI=1S/C16H18BrNO/c17-16-8-4-7-15(11-16)13-19-10-9-18-12-14-5-2-1-3-6-14/h1-8,11,18H,9-10,12-13H2. The van der Waals surface area contributed by atoms with Gasteiger partial charge in [-0.2, -0.15) is 0 Å². The predicted octanol–water partition coefficient (Wildman–Crippen LogP) is 3.76. The maximum Gasteiger partial charge on any atom is 0.0717 e. The van der Waals surface area contributed by atoms with E-state index in [1.165, 1.54) is 11.1 Å². The Morgan fingerprint density at radius 3 is 2.53 bits per heavy atom. The van der Waals surface area contributed by atoms with Gasteiger partial charge in [0.2, 0.25) is 0 Å². The lowest BCUT2D eigenvalue weighted by Gasteiger charge is -2.06. The van der Waals surface area contributed by atoms with Crippen molar-refractivity contribution in [3.8, 4) is 0 Å². The van der Waals surface area contributed by atoms with Crippen LogP contribution in [0.3, 0.4) is 0 Å². The lowest BCUT2D eigenvalue weighted by molar-refractivity contribution is 0.122. The maximum absolute atomic E-state index is 5.63. The number of ether oxygens (including phenoxy) is 1. The molecule has 0 heterocycles. The Labute approximate surface area is 122 Å². The predicted molar refractivity (Wildman–Crippen MR) is 81.9 cm³/mol. The largest absolute Gasteiger partial charge is 0.375 e. The van der Waals surface area contributed by atoms with Crippen LogP contribution in [0, 0.1) is 0 Å². The minimum atomic E-state index is 0.659. The first-order chi connectivity index (χ1) is 9.34. The second-order valence-electron chi connectivity index (χ2n) is 4.34. The fraction of sp³-hybridized carbons (Fsp3) is 0.250. The Kier molecular flexibility index (Phi) is 6.08. The molecule has 2 aromatic carbocycles. The molecule has 0 radical (unpaired) electrons. The van der Waals surface area contributed by atoms with Crippen molar-refractivity contribution in [1.82, 2.24) is 5.32 Å². The van der Waals surface area contributed by atoms with Crippen LogP contribution in [-0.4, -0.2) is 13.2 Å². The van der Waals surface area contributed by atoms with E-state index in [0.717, 1.165) is 24.2 Å². The summed E-state index contributed by atoms with van der Waals surface area (Å²) in [5.41, 5.74) is 2.49. The quantitative estimate of drug-likeness (QED) is 0.785. The van der Waals surface area contributed by atoms with E-state index in [0.29, 0.717) is 6.61 Å². The van der Waals surface area contributed by atoms with Gasteiger partial charge in [-0.05, 0) is 23.3 Å². The summed E-state index contributed by atoms with van der Waals surface area (Å²) in [7, 11) is 0. The number of nitrogens with one attached hydrogen (secondary N) is 1. The number of hydrogen-bond acceptors (Lipinski definition) is 2. The Balaban J connectivity index is 1.58. The van der Waals surface area contributed by atoms with Crippen LogP contribution < -0.4 is 5.32 Å². The van der Waals surface area contributed by atoms with Gasteiger partial charge in [0, 0.05) is 17.6 Å². The highest BCUT2D eigenvalue weighted by atomic mass is 79.9. The second kappa shape index (κ2) is 8.10. The van der Waals surface area contributed by atoms with Crippen LogP contribution in [0.4, 0.5) is 0 Å². The van der Waals surface area contributed by atoms with E-state index in [4.69, 9.17) is 4.74 Å². The third-order valence-electron chi connectivity index (χ3n) is 2.75. The zero-order valence-corrected chi connectivity index (χ0v) is 12.4. The van der Waals surface area contributed by atoms with Crippen LogP contribution in [-0.2, 0) is 17.9 Å². The van der Waals surface area contributed by atoms with Crippen molar-refractivity contribution in [2.45, 2.75) is 13.2 Å². The molecule has 0 saturated heterocycles. The molecular formula is C16H18BrNO. The van der Waals surface area contributed by atoms with Crippen molar-refractivity contribution < 1.29 is 4.74 Å². The van der Waals surface area contributed by atoms with E-state index in [-0.39, 0.29) is 0 Å². The fourth-order valence-corrected chi connectivity index (χ4v) is 2.24. The molecule has 0 fully saturated rings. The summed E-state index contributed by atoms with van der Waals surface area (Å²) in [5, 5.41) is 3.37. The zero-order chi connectivity index (χ0) is 13.3. The summed E-state index contributed by atoms with van der Waals surface area (Å²) in [4.78, 5) is 0. The van der Waals surface area contributed by atoms with Gasteiger partial charge in [0.05, 0.1) is 13.2 Å². The normalized spacial score (nSPS) is 10.6. The van der Waals surface area contributed by atoms with Crippen LogP contribution in [0.25, 0.3) is 0 Å². The highest BCUT2D eigenvalue weighted by molar-refractivity contribution is 9.10. The SMILES string of the molecule is Brc1cccc(COCCNCc2ccccc2)c1. The molecule has 0 saturated carbocycles. The third-order valence-corrected chi connectivity index (χ3v) is 3.25. The monoisotopic (exact) mass is 319 g/mol. The van der Waals surface area contributed by atoms with E-state index in [1.807, 2.05) is 18.2 Å². The number of benzene rings is 2. The molecule has 0 atom stereocenters. The highest BCUT2D eigenvalue weighted by Gasteiger charge is 1.95. The molecule has 0 bridgehead atoms. The number of hydrogen-bond donors (Lipinski definition) is 1. The second-order valence-corrected chi connectivity index (χ2v) is 5.26. The van der Waals surface area contributed by atoms with Crippen molar-refractivity contribution in [3.63, 3.8) is 0 Å². The first-order valence-corrected chi connectivity index (χ1v) is 7.21. The summed E-state index contributed by atoms with van der Waals surface area (Å²) in [6, 6.07) is 18.6. The van der Waals surface area contributed by atoms with Crippen LogP contribution >= 0.6 is 15.9 Å². The number of halogens is 1. The van der Waals surface area contributed by atoms with Gasteiger partial charge in [0.25, 0.3) is 0 Å². The molecule has 2 nitrogen and oxygen atoms in total. The van der Waals surface area contributed by atoms with E-state index >= 15 is 0 Å². The summed E-state index contributed by atoms with van der Waals surface area (Å²) in [6.07, 6.45) is 0. The molecule has 100 valence electrons. The summed E-state index contributed by atoms with van der Waals surface area (Å²) in [5.74, 6) is 0. The molecule has 0 amide bonds. The first kappa shape index (κ1) is 14.3. The lowest BCUT2D eigenvalue weighted by Crippen LogP contribution is -2.19. The van der Waals surface area contributed by atoms with E-state index in [9.17, 15) is 0 Å². The van der Waals surface area contributed by atoms with Crippen LogP contribution in [0.2, 0.25) is 0 Å². The van der Waals surface area contributed by atoms with Gasteiger partial charge in [0.1, 0.15) is 0 Å². The molecule has 0 aromatic heterocycles. The zero-order valence-electron chi connectivity index (χ0n) is 10.8. The molecule has 0 unspecified atom stereocenters. The molecule has 0 aliphatic carbocycles. The van der Waals surface area contributed by atoms with Crippen LogP contribution in [0.1, 0.15) is 11.1 Å². The Hall–Kier alpha value is -1.16. The molecule has 3 heteroatoms. The molecule has 0 aliphatic rings. The molecule has 2 aromatic rings. The van der Waals surface area contributed by atoms with E-state index < -0.39 is 0 Å². The molecular weight excluding hydrogens is 302 g/mol. The van der Waals surface area contributed by atoms with Crippen molar-refractivity contribution in [3.05, 3.63) is 70.2 Å². The van der Waals surface area contributed by atoms with Gasteiger partial charge in [-0.1, -0.05) is 58.4 Å². The molecule has 0 aliphatic heterocycles. The average Bonchev–Trinajstić information content (AvgIpc) is 2.44. The molecule has 0 spiro atoms. The average molecular weight is 320 g/mol. The van der Waals surface area contributed by atoms with Gasteiger partial charge in [-0.15, -0.1) is 0 Å². The van der Waals surface area contributed by atoms with Gasteiger partial charge >= 0.3 is 0 Å². The van der Waals surface area contributed by atoms with Crippen LogP contribution in [0.5, 0.6) is 0 Å². The van der Waals surface area contributed by atoms with Crippen molar-refractivity contribution >= 4 is 15.9 Å². The third kappa shape index (κ3) is 5.55. The topological polar surface area (TPSA) is 21.3 Å². The van der Waals surface area contributed by atoms with Gasteiger partial charge in [-0.3, -0.25) is 0 Å². The number of rotatable bonds is 7. The van der Waals surface area contributed by atoms with Crippen molar-refractivity contribution in [1.29, 1.82) is 0 Å². The first-order valence-electron chi connectivity index (χ1n) is 6.41. The summed E-state index contributed by atoms with van der Waals surface area (Å²) >= 11 is 3.45. The minimum absolute atomic E-state index is 0.659. The Morgan fingerprint density at radius 2 is 1.74 bits per heavy atom. The fourth-order valence-electron chi connectivity index (χ4n) is 1.79. The highest BCUT2D eigenvalue weighted by Crippen LogP contribution is 2.12. The van der Waals surface area contributed by atoms with E-state index in [1.54, 1.807) is 0 Å². The maximum atomic E-state index is 5.63. The summed E-state index contributed by atoms with van der Waals surface area (Å²) < 4.78 is 6.72. The Bertz CT molecular complexity index is 487. The minimum Gasteiger partial charge on any atom is -0.375 e. The molecule has 2 rings (SSSR count).